The lowest BCUT2D eigenvalue weighted by atomic mass is 10.5. The quantitative estimate of drug-likeness (QED) is 0.473. The molecule has 5 heteroatoms. The first-order valence-electron chi connectivity index (χ1n) is 2.55. The highest BCUT2D eigenvalue weighted by Crippen LogP contribution is 2.19. The van der Waals surface area contributed by atoms with E-state index in [1.165, 1.54) is 12.3 Å². The smallest absolute Gasteiger partial charge is 0.261 e. The zero-order chi connectivity index (χ0) is 7.61. The van der Waals surface area contributed by atoms with Gasteiger partial charge in [-0.15, -0.1) is 0 Å². The maximum absolute atomic E-state index is 11.7. The summed E-state index contributed by atoms with van der Waals surface area (Å²) in [6.45, 7) is -0.201. The summed E-state index contributed by atoms with van der Waals surface area (Å²) < 4.78 is 35.1. The van der Waals surface area contributed by atoms with Gasteiger partial charge in [0.25, 0.3) is 0 Å². The lowest BCUT2D eigenvalue weighted by Gasteiger charge is -2.20. The third-order valence-corrected chi connectivity index (χ3v) is 0.952. The second kappa shape index (κ2) is 2.32. The van der Waals surface area contributed by atoms with Gasteiger partial charge >= 0.3 is 6.30 Å². The molecule has 0 aliphatic carbocycles. The predicted octanol–water partition coefficient (Wildman–Crippen LogP) is 1.24. The van der Waals surface area contributed by atoms with Crippen molar-refractivity contribution in [2.24, 2.45) is 4.99 Å². The molecule has 0 atom stereocenters. The van der Waals surface area contributed by atoms with E-state index in [4.69, 9.17) is 0 Å². The van der Waals surface area contributed by atoms with Gasteiger partial charge in [-0.05, 0) is 6.08 Å². The van der Waals surface area contributed by atoms with Gasteiger partial charge in [0, 0.05) is 12.7 Å². The van der Waals surface area contributed by atoms with Crippen molar-refractivity contribution < 1.29 is 13.2 Å². The topological polar surface area (TPSA) is 15.6 Å². The lowest BCUT2D eigenvalue weighted by molar-refractivity contribution is -0.212. The monoisotopic (exact) mass is 149 g/mol. The van der Waals surface area contributed by atoms with E-state index in [0.29, 0.717) is 0 Å². The zero-order valence-electron chi connectivity index (χ0n) is 4.89. The molecule has 55 valence electrons. The fourth-order valence-corrected chi connectivity index (χ4v) is 0.509. The van der Waals surface area contributed by atoms with Gasteiger partial charge in [-0.1, -0.05) is 0 Å². The lowest BCUT2D eigenvalue weighted by Crippen LogP contribution is -2.37. The molecule has 0 aromatic heterocycles. The number of rotatable bonds is 0. The maximum Gasteiger partial charge on any atom is 0.486 e. The van der Waals surface area contributed by atoms with Crippen LogP contribution in [0, 0.1) is 0 Å². The van der Waals surface area contributed by atoms with Crippen molar-refractivity contribution >= 4 is 6.34 Å². The first-order chi connectivity index (χ1) is 4.61. The number of aliphatic imine (C=N–C) groups is 1. The molecule has 0 unspecified atom stereocenters. The number of alkyl halides is 3. The van der Waals surface area contributed by atoms with Crippen LogP contribution in [0.4, 0.5) is 13.2 Å². The van der Waals surface area contributed by atoms with Crippen molar-refractivity contribution in [2.75, 3.05) is 6.54 Å². The molecule has 1 heterocycles. The van der Waals surface area contributed by atoms with Gasteiger partial charge in [-0.2, -0.15) is 13.2 Å². The summed E-state index contributed by atoms with van der Waals surface area (Å²) in [6, 6.07) is 0. The highest BCUT2D eigenvalue weighted by Gasteiger charge is 2.35. The molecule has 0 saturated carbocycles. The fourth-order valence-electron chi connectivity index (χ4n) is 0.509. The van der Waals surface area contributed by atoms with Crippen LogP contribution in [0.25, 0.3) is 0 Å². The Bertz CT molecular complexity index is 170. The fraction of sp³-hybridized carbons (Fsp3) is 0.400. The highest BCUT2D eigenvalue weighted by molar-refractivity contribution is 5.57. The molecule has 0 aromatic carbocycles. The number of halogens is 3. The highest BCUT2D eigenvalue weighted by atomic mass is 19.4. The Morgan fingerprint density at radius 2 is 2.20 bits per heavy atom. The molecule has 1 rings (SSSR count). The Kier molecular flexibility index (Phi) is 1.65. The van der Waals surface area contributed by atoms with Crippen molar-refractivity contribution in [3.05, 3.63) is 12.3 Å². The van der Waals surface area contributed by atoms with Crippen LogP contribution in [0.1, 0.15) is 0 Å². The van der Waals surface area contributed by atoms with Crippen molar-refractivity contribution in [2.45, 2.75) is 6.30 Å². The van der Waals surface area contributed by atoms with E-state index in [9.17, 15) is 13.2 Å². The van der Waals surface area contributed by atoms with Crippen LogP contribution < -0.4 is 0 Å². The van der Waals surface area contributed by atoms with E-state index < -0.39 is 6.30 Å². The summed E-state index contributed by atoms with van der Waals surface area (Å²) in [5.41, 5.74) is 0. The van der Waals surface area contributed by atoms with Crippen LogP contribution in [0.2, 0.25) is 0 Å². The molecule has 0 fully saturated rings. The van der Waals surface area contributed by atoms with Gasteiger partial charge in [0.1, 0.15) is 0 Å². The molecule has 0 amide bonds. The number of nitrogens with zero attached hydrogens (tertiary/aromatic N) is 2. The minimum atomic E-state index is -4.35. The molecule has 0 bridgehead atoms. The van der Waals surface area contributed by atoms with Crippen molar-refractivity contribution in [1.29, 1.82) is 0 Å². The Labute approximate surface area is 55.7 Å². The van der Waals surface area contributed by atoms with Crippen molar-refractivity contribution in [3.63, 3.8) is 0 Å². The summed E-state index contributed by atoms with van der Waals surface area (Å²) in [5, 5.41) is 0. The van der Waals surface area contributed by atoms with Crippen LogP contribution >= 0.6 is 0 Å². The Morgan fingerprint density at radius 3 is 2.50 bits per heavy atom. The summed E-state index contributed by atoms with van der Waals surface area (Å²) >= 11 is 0. The zero-order valence-corrected chi connectivity index (χ0v) is 4.89. The Balaban J connectivity index is 2.60. The second-order valence-electron chi connectivity index (χ2n) is 1.69. The molecule has 0 aromatic rings. The first-order valence-corrected chi connectivity index (χ1v) is 2.55. The minimum absolute atomic E-state index is 0.0764. The summed E-state index contributed by atoms with van der Waals surface area (Å²) in [6.07, 6.45) is 0.0422. The van der Waals surface area contributed by atoms with Crippen LogP contribution in [0.15, 0.2) is 17.3 Å². The molecule has 2 nitrogen and oxygen atoms in total. The van der Waals surface area contributed by atoms with Crippen molar-refractivity contribution in [1.82, 2.24) is 4.90 Å². The SMILES string of the molecule is FC(F)(F)N1[C]=NC=CC1. The van der Waals surface area contributed by atoms with E-state index in [0.717, 1.165) is 0 Å². The molecule has 10 heavy (non-hydrogen) atoms. The molecule has 1 aliphatic heterocycles. The Morgan fingerprint density at radius 1 is 1.50 bits per heavy atom. The average Bonchev–Trinajstić information content (AvgIpc) is 1.88. The van der Waals surface area contributed by atoms with Gasteiger partial charge in [0.2, 0.25) is 0 Å². The van der Waals surface area contributed by atoms with E-state index in [2.05, 4.69) is 4.99 Å². The van der Waals surface area contributed by atoms with E-state index in [-0.39, 0.29) is 11.4 Å². The van der Waals surface area contributed by atoms with Crippen LogP contribution in [0.3, 0.4) is 0 Å². The largest absolute Gasteiger partial charge is 0.486 e. The van der Waals surface area contributed by atoms with Gasteiger partial charge in [0.05, 0.1) is 0 Å². The number of hydrogen-bond donors (Lipinski definition) is 0. The van der Waals surface area contributed by atoms with Crippen LogP contribution in [-0.2, 0) is 0 Å². The summed E-state index contributed by atoms with van der Waals surface area (Å²) in [4.78, 5) is 3.28. The molecule has 1 aliphatic rings. The van der Waals surface area contributed by atoms with Crippen LogP contribution in [0.5, 0.6) is 0 Å². The molecule has 1 radical (unpaired) electrons. The first kappa shape index (κ1) is 7.11. The minimum Gasteiger partial charge on any atom is -0.261 e. The summed E-state index contributed by atoms with van der Waals surface area (Å²) in [7, 11) is 0. The molecule has 0 saturated heterocycles. The normalized spacial score (nSPS) is 18.1. The van der Waals surface area contributed by atoms with Gasteiger partial charge < -0.3 is 0 Å². The Hall–Kier alpha value is -1.00. The van der Waals surface area contributed by atoms with Gasteiger partial charge in [-0.3, -0.25) is 4.90 Å². The van der Waals surface area contributed by atoms with E-state index in [1.54, 1.807) is 6.34 Å². The molecular formula is C5H4F3N2. The standard InChI is InChI=1S/C5H4F3N2/c6-5(7,8)10-3-1-2-9-4-10/h1-2H,3H2. The van der Waals surface area contributed by atoms with Gasteiger partial charge in [-0.25, -0.2) is 4.99 Å². The average molecular weight is 149 g/mol. The second-order valence-corrected chi connectivity index (χ2v) is 1.69. The molecular weight excluding hydrogens is 145 g/mol. The van der Waals surface area contributed by atoms with Gasteiger partial charge in [0.15, 0.2) is 6.34 Å². The van der Waals surface area contributed by atoms with E-state index >= 15 is 0 Å². The van der Waals surface area contributed by atoms with E-state index in [1.807, 2.05) is 0 Å². The number of hydrogen-bond acceptors (Lipinski definition) is 2. The molecule has 0 spiro atoms. The summed E-state index contributed by atoms with van der Waals surface area (Å²) in [5.74, 6) is 0. The van der Waals surface area contributed by atoms with Crippen LogP contribution in [-0.4, -0.2) is 24.1 Å². The third kappa shape index (κ3) is 1.49. The van der Waals surface area contributed by atoms with Crippen molar-refractivity contribution in [3.8, 4) is 0 Å². The predicted molar refractivity (Wildman–Crippen MR) is 29.3 cm³/mol. The third-order valence-electron chi connectivity index (χ3n) is 0.952. The maximum atomic E-state index is 11.7. The molecule has 0 N–H and O–H groups in total.